The first-order valence-electron chi connectivity index (χ1n) is 6.88. The molecule has 0 radical (unpaired) electrons. The van der Waals surface area contributed by atoms with Gasteiger partial charge in [-0.1, -0.05) is 0 Å². The molecule has 1 aromatic carbocycles. The van der Waals surface area contributed by atoms with Crippen LogP contribution < -0.4 is 10.1 Å². The summed E-state index contributed by atoms with van der Waals surface area (Å²) in [6.45, 7) is 4.76. The quantitative estimate of drug-likeness (QED) is 0.858. The van der Waals surface area contributed by atoms with E-state index in [0.29, 0.717) is 11.7 Å². The van der Waals surface area contributed by atoms with Gasteiger partial charge in [-0.25, -0.2) is 0 Å². The van der Waals surface area contributed by atoms with Gasteiger partial charge in [0.2, 0.25) is 0 Å². The van der Waals surface area contributed by atoms with Crippen molar-refractivity contribution in [3.05, 3.63) is 23.8 Å². The second-order valence-electron chi connectivity index (χ2n) is 5.11. The second kappa shape index (κ2) is 6.78. The Kier molecular flexibility index (Phi) is 5.05. The summed E-state index contributed by atoms with van der Waals surface area (Å²) in [7, 11) is 1.64. The lowest BCUT2D eigenvalue weighted by atomic mass is 9.99. The number of hydrogen-bond acceptors (Lipinski definition) is 4. The predicted octanol–water partition coefficient (Wildman–Crippen LogP) is 2.48. The number of hydrogen-bond donors (Lipinski definition) is 2. The van der Waals surface area contributed by atoms with Crippen LogP contribution >= 0.6 is 0 Å². The van der Waals surface area contributed by atoms with Crippen LogP contribution in [0, 0.1) is 5.92 Å². The Morgan fingerprint density at radius 3 is 2.84 bits per heavy atom. The molecule has 1 aliphatic heterocycles. The Hall–Kier alpha value is -1.26. The molecule has 1 aliphatic rings. The van der Waals surface area contributed by atoms with Gasteiger partial charge in [0.15, 0.2) is 0 Å². The van der Waals surface area contributed by atoms with Crippen molar-refractivity contribution in [3.63, 3.8) is 0 Å². The van der Waals surface area contributed by atoms with E-state index in [0.717, 1.165) is 43.9 Å². The van der Waals surface area contributed by atoms with Crippen LogP contribution in [0.3, 0.4) is 0 Å². The van der Waals surface area contributed by atoms with Crippen molar-refractivity contribution in [1.29, 1.82) is 0 Å². The highest BCUT2D eigenvalue weighted by Crippen LogP contribution is 2.28. The minimum absolute atomic E-state index is 0.109. The third-order valence-corrected chi connectivity index (χ3v) is 3.75. The van der Waals surface area contributed by atoms with Gasteiger partial charge in [0.1, 0.15) is 11.5 Å². The maximum atomic E-state index is 9.92. The van der Waals surface area contributed by atoms with Crippen LogP contribution in [0.2, 0.25) is 0 Å². The van der Waals surface area contributed by atoms with E-state index in [4.69, 9.17) is 9.47 Å². The van der Waals surface area contributed by atoms with Crippen molar-refractivity contribution >= 4 is 0 Å². The number of methoxy groups -OCH3 is 1. The zero-order chi connectivity index (χ0) is 13.7. The number of phenols is 1. The summed E-state index contributed by atoms with van der Waals surface area (Å²) in [5, 5.41) is 13.4. The third kappa shape index (κ3) is 3.85. The SMILES string of the molecule is COc1ccc(O)c(C(C)NCC2CCOCC2)c1. The molecular weight excluding hydrogens is 242 g/mol. The number of rotatable bonds is 5. The molecular formula is C15H23NO3. The van der Waals surface area contributed by atoms with Crippen LogP contribution in [0.25, 0.3) is 0 Å². The molecule has 4 heteroatoms. The van der Waals surface area contributed by atoms with Gasteiger partial charge in [-0.15, -0.1) is 0 Å². The summed E-state index contributed by atoms with van der Waals surface area (Å²) >= 11 is 0. The minimum atomic E-state index is 0.109. The average Bonchev–Trinajstić information content (AvgIpc) is 2.46. The summed E-state index contributed by atoms with van der Waals surface area (Å²) in [5.74, 6) is 1.75. The summed E-state index contributed by atoms with van der Waals surface area (Å²) in [5.41, 5.74) is 0.881. The molecule has 2 rings (SSSR count). The van der Waals surface area contributed by atoms with Gasteiger partial charge < -0.3 is 19.9 Å². The molecule has 1 saturated heterocycles. The van der Waals surface area contributed by atoms with E-state index < -0.39 is 0 Å². The second-order valence-corrected chi connectivity index (χ2v) is 5.11. The first-order valence-corrected chi connectivity index (χ1v) is 6.88. The van der Waals surface area contributed by atoms with Crippen molar-refractivity contribution in [2.75, 3.05) is 26.9 Å². The van der Waals surface area contributed by atoms with Gasteiger partial charge in [0.25, 0.3) is 0 Å². The smallest absolute Gasteiger partial charge is 0.120 e. The summed E-state index contributed by atoms with van der Waals surface area (Å²) < 4.78 is 10.6. The molecule has 1 atom stereocenters. The molecule has 0 aliphatic carbocycles. The van der Waals surface area contributed by atoms with Crippen LogP contribution in [0.1, 0.15) is 31.4 Å². The molecule has 1 aromatic rings. The lowest BCUT2D eigenvalue weighted by molar-refractivity contribution is 0.0656. The fourth-order valence-corrected chi connectivity index (χ4v) is 2.41. The monoisotopic (exact) mass is 265 g/mol. The fourth-order valence-electron chi connectivity index (χ4n) is 2.41. The lowest BCUT2D eigenvalue weighted by Crippen LogP contribution is -2.29. The Morgan fingerprint density at radius 1 is 1.42 bits per heavy atom. The molecule has 0 spiro atoms. The number of aromatic hydroxyl groups is 1. The van der Waals surface area contributed by atoms with Gasteiger partial charge in [0, 0.05) is 24.8 Å². The maximum absolute atomic E-state index is 9.92. The molecule has 106 valence electrons. The largest absolute Gasteiger partial charge is 0.508 e. The molecule has 1 heterocycles. The normalized spacial score (nSPS) is 18.2. The lowest BCUT2D eigenvalue weighted by Gasteiger charge is -2.24. The van der Waals surface area contributed by atoms with Gasteiger partial charge >= 0.3 is 0 Å². The van der Waals surface area contributed by atoms with Crippen LogP contribution in [-0.2, 0) is 4.74 Å². The van der Waals surface area contributed by atoms with E-state index in [2.05, 4.69) is 12.2 Å². The molecule has 0 bridgehead atoms. The molecule has 1 unspecified atom stereocenters. The number of benzene rings is 1. The average molecular weight is 265 g/mol. The standard InChI is InChI=1S/C15H23NO3/c1-11(16-10-12-5-7-19-8-6-12)14-9-13(18-2)3-4-15(14)17/h3-4,9,11-12,16-17H,5-8,10H2,1-2H3. The zero-order valence-corrected chi connectivity index (χ0v) is 11.7. The molecule has 0 saturated carbocycles. The third-order valence-electron chi connectivity index (χ3n) is 3.75. The highest BCUT2D eigenvalue weighted by molar-refractivity contribution is 5.41. The van der Waals surface area contributed by atoms with Crippen molar-refractivity contribution in [1.82, 2.24) is 5.32 Å². The topological polar surface area (TPSA) is 50.7 Å². The predicted molar refractivity (Wildman–Crippen MR) is 74.6 cm³/mol. The highest BCUT2D eigenvalue weighted by atomic mass is 16.5. The molecule has 19 heavy (non-hydrogen) atoms. The van der Waals surface area contributed by atoms with Gasteiger partial charge in [-0.3, -0.25) is 0 Å². The Bertz CT molecular complexity index is 402. The van der Waals surface area contributed by atoms with Crippen LogP contribution in [0.4, 0.5) is 0 Å². The van der Waals surface area contributed by atoms with Crippen LogP contribution in [0.5, 0.6) is 11.5 Å². The van der Waals surface area contributed by atoms with Crippen molar-refractivity contribution < 1.29 is 14.6 Å². The van der Waals surface area contributed by atoms with Gasteiger partial charge in [-0.2, -0.15) is 0 Å². The number of phenolic OH excluding ortho intramolecular Hbond substituents is 1. The Balaban J connectivity index is 1.93. The molecule has 0 aromatic heterocycles. The summed E-state index contributed by atoms with van der Waals surface area (Å²) in [6, 6.07) is 5.44. The summed E-state index contributed by atoms with van der Waals surface area (Å²) in [6.07, 6.45) is 2.23. The van der Waals surface area contributed by atoms with Crippen molar-refractivity contribution in [2.45, 2.75) is 25.8 Å². The zero-order valence-electron chi connectivity index (χ0n) is 11.7. The van der Waals surface area contributed by atoms with E-state index in [9.17, 15) is 5.11 Å². The van der Waals surface area contributed by atoms with Crippen molar-refractivity contribution in [2.24, 2.45) is 5.92 Å². The van der Waals surface area contributed by atoms with E-state index in [-0.39, 0.29) is 6.04 Å². The van der Waals surface area contributed by atoms with Crippen LogP contribution in [0.15, 0.2) is 18.2 Å². The van der Waals surface area contributed by atoms with E-state index in [1.165, 1.54) is 0 Å². The van der Waals surface area contributed by atoms with Crippen molar-refractivity contribution in [3.8, 4) is 11.5 Å². The summed E-state index contributed by atoms with van der Waals surface area (Å²) in [4.78, 5) is 0. The number of nitrogens with one attached hydrogen (secondary N) is 1. The Labute approximate surface area is 114 Å². The van der Waals surface area contributed by atoms with Crippen LogP contribution in [-0.4, -0.2) is 32.0 Å². The molecule has 4 nitrogen and oxygen atoms in total. The van der Waals surface area contributed by atoms with E-state index in [1.807, 2.05) is 6.07 Å². The van der Waals surface area contributed by atoms with Gasteiger partial charge in [0.05, 0.1) is 7.11 Å². The van der Waals surface area contributed by atoms with E-state index in [1.54, 1.807) is 19.2 Å². The molecule has 1 fully saturated rings. The maximum Gasteiger partial charge on any atom is 0.120 e. The number of ether oxygens (including phenoxy) is 2. The molecule has 2 N–H and O–H groups in total. The first kappa shape index (κ1) is 14.2. The van der Waals surface area contributed by atoms with E-state index >= 15 is 0 Å². The molecule has 0 amide bonds. The van der Waals surface area contributed by atoms with Gasteiger partial charge in [-0.05, 0) is 50.4 Å². The Morgan fingerprint density at radius 2 is 2.16 bits per heavy atom. The highest BCUT2D eigenvalue weighted by Gasteiger charge is 2.16. The first-order chi connectivity index (χ1) is 9.20. The minimum Gasteiger partial charge on any atom is -0.508 e. The fraction of sp³-hybridized carbons (Fsp3) is 0.600.